The lowest BCUT2D eigenvalue weighted by atomic mass is 10.1. The van der Waals surface area contributed by atoms with Crippen LogP contribution in [0.15, 0.2) is 0 Å². The Kier molecular flexibility index (Phi) is 5.35. The van der Waals surface area contributed by atoms with Gasteiger partial charge in [0.2, 0.25) is 11.8 Å². The van der Waals surface area contributed by atoms with Gasteiger partial charge in [0.15, 0.2) is 0 Å². The molecule has 3 nitrogen and oxygen atoms in total. The van der Waals surface area contributed by atoms with E-state index in [-0.39, 0.29) is 17.7 Å². The van der Waals surface area contributed by atoms with Gasteiger partial charge in [-0.1, -0.05) is 20.8 Å². The monoisotopic (exact) mass is 185 g/mol. The van der Waals surface area contributed by atoms with Gasteiger partial charge in [-0.3, -0.25) is 14.5 Å². The number of rotatable bonds is 2. The normalized spacial score (nSPS) is 21.5. The molecular weight excluding hydrogens is 166 g/mol. The summed E-state index contributed by atoms with van der Waals surface area (Å²) in [6.07, 6.45) is 1.20. The van der Waals surface area contributed by atoms with Gasteiger partial charge in [0.05, 0.1) is 0 Å². The molecule has 1 unspecified atom stereocenters. The summed E-state index contributed by atoms with van der Waals surface area (Å²) in [6, 6.07) is 0. The molecule has 76 valence electrons. The fourth-order valence-corrected chi connectivity index (χ4v) is 1.40. The minimum absolute atomic E-state index is 0.00986. The molecule has 0 aromatic carbocycles. The van der Waals surface area contributed by atoms with Gasteiger partial charge in [0, 0.05) is 18.9 Å². The molecular formula is C10H19NO2. The van der Waals surface area contributed by atoms with Crippen molar-refractivity contribution in [1.29, 1.82) is 0 Å². The number of imide groups is 1. The third-order valence-electron chi connectivity index (χ3n) is 2.15. The van der Waals surface area contributed by atoms with Crippen molar-refractivity contribution in [3.05, 3.63) is 0 Å². The predicted molar refractivity (Wildman–Crippen MR) is 52.1 cm³/mol. The lowest BCUT2D eigenvalue weighted by Gasteiger charge is -2.10. The number of nitrogens with zero attached hydrogens (tertiary/aromatic N) is 1. The van der Waals surface area contributed by atoms with Crippen LogP contribution >= 0.6 is 0 Å². The first-order valence-electron chi connectivity index (χ1n) is 5.04. The van der Waals surface area contributed by atoms with Crippen LogP contribution in [0.2, 0.25) is 0 Å². The maximum Gasteiger partial charge on any atom is 0.232 e. The molecule has 1 heterocycles. The minimum atomic E-state index is -0.0394. The van der Waals surface area contributed by atoms with E-state index in [0.717, 1.165) is 6.42 Å². The maximum absolute atomic E-state index is 11.3. The summed E-state index contributed by atoms with van der Waals surface area (Å²) in [7, 11) is 0. The molecule has 1 rings (SSSR count). The molecule has 1 aliphatic heterocycles. The smallest absolute Gasteiger partial charge is 0.232 e. The molecule has 0 bridgehead atoms. The molecule has 0 radical (unpaired) electrons. The summed E-state index contributed by atoms with van der Waals surface area (Å²) in [6.45, 7) is 8.29. The number of likely N-dealkylation sites (tertiary alicyclic amines) is 1. The second-order valence-electron chi connectivity index (χ2n) is 2.79. The van der Waals surface area contributed by atoms with E-state index in [1.165, 1.54) is 4.90 Å². The Morgan fingerprint density at radius 1 is 1.31 bits per heavy atom. The molecule has 1 aliphatic rings. The number of hydrogen-bond acceptors (Lipinski definition) is 2. The van der Waals surface area contributed by atoms with Crippen LogP contribution in [-0.4, -0.2) is 23.3 Å². The third-order valence-corrected chi connectivity index (χ3v) is 2.15. The quantitative estimate of drug-likeness (QED) is 0.615. The minimum Gasteiger partial charge on any atom is -0.283 e. The van der Waals surface area contributed by atoms with E-state index in [0.29, 0.717) is 13.0 Å². The van der Waals surface area contributed by atoms with Gasteiger partial charge in [-0.15, -0.1) is 0 Å². The van der Waals surface area contributed by atoms with E-state index in [9.17, 15) is 9.59 Å². The molecule has 0 aliphatic carbocycles. The molecule has 2 amide bonds. The van der Waals surface area contributed by atoms with Crippen molar-refractivity contribution in [2.45, 2.75) is 40.5 Å². The fraction of sp³-hybridized carbons (Fsp3) is 0.800. The van der Waals surface area contributed by atoms with Crippen LogP contribution in [0.25, 0.3) is 0 Å². The number of hydrogen-bond donors (Lipinski definition) is 0. The van der Waals surface area contributed by atoms with Gasteiger partial charge < -0.3 is 0 Å². The van der Waals surface area contributed by atoms with Gasteiger partial charge >= 0.3 is 0 Å². The molecule has 0 saturated carbocycles. The highest BCUT2D eigenvalue weighted by molar-refractivity contribution is 6.03. The lowest BCUT2D eigenvalue weighted by Crippen LogP contribution is -2.30. The van der Waals surface area contributed by atoms with Crippen LogP contribution < -0.4 is 0 Å². The number of carbonyl (C=O) groups is 2. The number of amides is 2. The van der Waals surface area contributed by atoms with E-state index in [1.807, 2.05) is 27.7 Å². The van der Waals surface area contributed by atoms with Crippen molar-refractivity contribution in [3.8, 4) is 0 Å². The first-order chi connectivity index (χ1) is 6.20. The standard InChI is InChI=1S/C8H13NO2.C2H6/c1-3-6-5-7(10)9(4-2)8(6)11;1-2/h6H,3-5H2,1-2H3;1-2H3. The van der Waals surface area contributed by atoms with Crippen molar-refractivity contribution in [3.63, 3.8) is 0 Å². The van der Waals surface area contributed by atoms with Crippen molar-refractivity contribution in [2.24, 2.45) is 5.92 Å². The van der Waals surface area contributed by atoms with Gasteiger partial charge in [-0.25, -0.2) is 0 Å². The zero-order valence-electron chi connectivity index (χ0n) is 8.96. The Bertz CT molecular complexity index is 189. The first-order valence-corrected chi connectivity index (χ1v) is 5.04. The van der Waals surface area contributed by atoms with Gasteiger partial charge in [-0.05, 0) is 13.3 Å². The third kappa shape index (κ3) is 2.54. The Morgan fingerprint density at radius 3 is 2.08 bits per heavy atom. The predicted octanol–water partition coefficient (Wildman–Crippen LogP) is 1.82. The Balaban J connectivity index is 0.000000671. The van der Waals surface area contributed by atoms with Crippen LogP contribution in [0.1, 0.15) is 40.5 Å². The van der Waals surface area contributed by atoms with E-state index in [1.54, 1.807) is 0 Å². The lowest BCUT2D eigenvalue weighted by molar-refractivity contribution is -0.139. The molecule has 0 spiro atoms. The van der Waals surface area contributed by atoms with Crippen molar-refractivity contribution in [2.75, 3.05) is 6.54 Å². The second kappa shape index (κ2) is 5.73. The van der Waals surface area contributed by atoms with Gasteiger partial charge in [0.25, 0.3) is 0 Å². The van der Waals surface area contributed by atoms with E-state index < -0.39 is 0 Å². The summed E-state index contributed by atoms with van der Waals surface area (Å²) in [5.41, 5.74) is 0. The van der Waals surface area contributed by atoms with Crippen molar-refractivity contribution < 1.29 is 9.59 Å². The van der Waals surface area contributed by atoms with E-state index >= 15 is 0 Å². The largest absolute Gasteiger partial charge is 0.283 e. The maximum atomic E-state index is 11.3. The number of carbonyl (C=O) groups excluding carboxylic acids is 2. The summed E-state index contributed by atoms with van der Waals surface area (Å²) in [5.74, 6) is -0.0354. The van der Waals surface area contributed by atoms with E-state index in [4.69, 9.17) is 0 Å². The molecule has 1 fully saturated rings. The average Bonchev–Trinajstić information content (AvgIpc) is 2.44. The Labute approximate surface area is 80.1 Å². The van der Waals surface area contributed by atoms with Crippen LogP contribution in [0, 0.1) is 5.92 Å². The molecule has 0 aromatic heterocycles. The molecule has 13 heavy (non-hydrogen) atoms. The van der Waals surface area contributed by atoms with E-state index in [2.05, 4.69) is 0 Å². The van der Waals surface area contributed by atoms with Crippen LogP contribution in [0.3, 0.4) is 0 Å². The van der Waals surface area contributed by atoms with Crippen LogP contribution in [-0.2, 0) is 9.59 Å². The Morgan fingerprint density at radius 2 is 1.85 bits per heavy atom. The zero-order valence-corrected chi connectivity index (χ0v) is 8.96. The highest BCUT2D eigenvalue weighted by Crippen LogP contribution is 2.21. The second-order valence-corrected chi connectivity index (χ2v) is 2.79. The molecule has 1 atom stereocenters. The van der Waals surface area contributed by atoms with Crippen LogP contribution in [0.5, 0.6) is 0 Å². The zero-order chi connectivity index (χ0) is 10.4. The Hall–Kier alpha value is -0.860. The average molecular weight is 185 g/mol. The molecule has 1 saturated heterocycles. The molecule has 0 N–H and O–H groups in total. The highest BCUT2D eigenvalue weighted by atomic mass is 16.2. The molecule has 3 heteroatoms. The van der Waals surface area contributed by atoms with Crippen LogP contribution in [0.4, 0.5) is 0 Å². The summed E-state index contributed by atoms with van der Waals surface area (Å²) in [5, 5.41) is 0. The summed E-state index contributed by atoms with van der Waals surface area (Å²) < 4.78 is 0. The van der Waals surface area contributed by atoms with Gasteiger partial charge in [0.1, 0.15) is 0 Å². The van der Waals surface area contributed by atoms with Crippen molar-refractivity contribution >= 4 is 11.8 Å². The molecule has 0 aromatic rings. The van der Waals surface area contributed by atoms with Crippen molar-refractivity contribution in [1.82, 2.24) is 4.90 Å². The topological polar surface area (TPSA) is 37.4 Å². The first kappa shape index (κ1) is 12.1. The summed E-state index contributed by atoms with van der Waals surface area (Å²) >= 11 is 0. The fourth-order valence-electron chi connectivity index (χ4n) is 1.40. The summed E-state index contributed by atoms with van der Waals surface area (Å²) in [4.78, 5) is 23.7. The SMILES string of the molecule is CC.CCC1CC(=O)N(CC)C1=O. The van der Waals surface area contributed by atoms with Gasteiger partial charge in [-0.2, -0.15) is 0 Å². The highest BCUT2D eigenvalue weighted by Gasteiger charge is 2.35.